The van der Waals surface area contributed by atoms with Gasteiger partial charge in [-0.1, -0.05) is 53.2 Å². The second-order valence-corrected chi connectivity index (χ2v) is 7.98. The molecule has 166 valence electrons. The summed E-state index contributed by atoms with van der Waals surface area (Å²) >= 11 is 0. The van der Waals surface area contributed by atoms with Gasteiger partial charge in [-0.2, -0.15) is 4.98 Å². The highest BCUT2D eigenvalue weighted by molar-refractivity contribution is 5.80. The largest absolute Gasteiger partial charge is 0.340 e. The Morgan fingerprint density at radius 3 is 2.50 bits per heavy atom. The summed E-state index contributed by atoms with van der Waals surface area (Å²) in [6, 6.07) is 14.3. The Morgan fingerprint density at radius 1 is 1.12 bits per heavy atom. The quantitative estimate of drug-likeness (QED) is 0.431. The third-order valence-corrected chi connectivity index (χ3v) is 5.85. The smallest absolute Gasteiger partial charge is 0.273 e. The van der Waals surface area contributed by atoms with E-state index in [2.05, 4.69) is 15.0 Å². The van der Waals surface area contributed by atoms with Gasteiger partial charge in [-0.05, 0) is 13.8 Å². The Hall–Kier alpha value is -3.59. The van der Waals surface area contributed by atoms with Gasteiger partial charge in [0.1, 0.15) is 0 Å². The number of nitrogens with zero attached hydrogens (tertiary/aromatic N) is 5. The Kier molecular flexibility index (Phi) is 6.27. The fourth-order valence-corrected chi connectivity index (χ4v) is 3.85. The van der Waals surface area contributed by atoms with E-state index in [1.54, 1.807) is 23.1 Å². The number of benzene rings is 2. The van der Waals surface area contributed by atoms with Crippen LogP contribution in [0.15, 0.2) is 53.1 Å². The van der Waals surface area contributed by atoms with Crippen molar-refractivity contribution < 1.29 is 14.2 Å². The Morgan fingerprint density at radius 2 is 1.81 bits per heavy atom. The van der Waals surface area contributed by atoms with Gasteiger partial charge in [-0.25, -0.2) is 0 Å². The summed E-state index contributed by atoms with van der Waals surface area (Å²) in [5, 5.41) is 15.3. The van der Waals surface area contributed by atoms with Gasteiger partial charge in [0.05, 0.1) is 17.4 Å². The average Bonchev–Trinajstić information content (AvgIpc) is 3.29. The van der Waals surface area contributed by atoms with E-state index < -0.39 is 4.92 Å². The first-order valence-electron chi connectivity index (χ1n) is 10.6. The van der Waals surface area contributed by atoms with E-state index in [-0.39, 0.29) is 24.1 Å². The first kappa shape index (κ1) is 21.6. The van der Waals surface area contributed by atoms with Gasteiger partial charge in [0, 0.05) is 43.4 Å². The van der Waals surface area contributed by atoms with Crippen molar-refractivity contribution in [1.29, 1.82) is 0 Å². The summed E-state index contributed by atoms with van der Waals surface area (Å²) in [6.45, 7) is 6.44. The van der Waals surface area contributed by atoms with Crippen LogP contribution in [0.5, 0.6) is 0 Å². The van der Waals surface area contributed by atoms with Crippen LogP contribution in [0.3, 0.4) is 0 Å². The zero-order chi connectivity index (χ0) is 22.7. The van der Waals surface area contributed by atoms with Crippen LogP contribution >= 0.6 is 0 Å². The summed E-state index contributed by atoms with van der Waals surface area (Å²) < 4.78 is 5.51. The maximum absolute atomic E-state index is 12.7. The van der Waals surface area contributed by atoms with Crippen molar-refractivity contribution >= 4 is 11.6 Å². The number of hydrogen-bond donors (Lipinski definition) is 0. The van der Waals surface area contributed by atoms with Crippen LogP contribution in [0.2, 0.25) is 0 Å². The molecule has 0 bridgehead atoms. The van der Waals surface area contributed by atoms with Crippen molar-refractivity contribution in [2.24, 2.45) is 0 Å². The van der Waals surface area contributed by atoms with Gasteiger partial charge < -0.3 is 9.42 Å². The maximum Gasteiger partial charge on any atom is 0.273 e. The molecular weight excluding hydrogens is 410 g/mol. The monoisotopic (exact) mass is 435 g/mol. The molecule has 1 fully saturated rings. The van der Waals surface area contributed by atoms with Crippen LogP contribution in [0.25, 0.3) is 11.4 Å². The molecule has 0 radical (unpaired) electrons. The molecule has 0 N–H and O–H groups in total. The zero-order valence-corrected chi connectivity index (χ0v) is 18.1. The zero-order valence-electron chi connectivity index (χ0n) is 18.1. The molecular formula is C23H25N5O4. The third kappa shape index (κ3) is 4.67. The Bertz CT molecular complexity index is 1100. The molecule has 0 spiro atoms. The molecule has 1 unspecified atom stereocenters. The topological polar surface area (TPSA) is 106 Å². The Balaban J connectivity index is 1.35. The predicted molar refractivity (Wildman–Crippen MR) is 118 cm³/mol. The van der Waals surface area contributed by atoms with Gasteiger partial charge in [-0.3, -0.25) is 19.8 Å². The standard InChI is InChI=1S/C23H25N5O4/c1-16-7-9-18(10-8-16)22-24-23(32-25-22)17(2)26-11-13-27(14-12-26)21(29)15-19-5-3-4-6-20(19)28(30)31/h3-10,17H,11-15H2,1-2H3. The van der Waals surface area contributed by atoms with Crippen LogP contribution in [-0.4, -0.2) is 56.9 Å². The average molecular weight is 435 g/mol. The van der Waals surface area contributed by atoms with E-state index in [0.29, 0.717) is 43.5 Å². The molecule has 9 nitrogen and oxygen atoms in total. The van der Waals surface area contributed by atoms with Gasteiger partial charge in [0.15, 0.2) is 0 Å². The van der Waals surface area contributed by atoms with Crippen molar-refractivity contribution in [3.8, 4) is 11.4 Å². The van der Waals surface area contributed by atoms with Gasteiger partial charge in [0.2, 0.25) is 17.6 Å². The number of para-hydroxylation sites is 1. The molecule has 0 saturated carbocycles. The highest BCUT2D eigenvalue weighted by Crippen LogP contribution is 2.24. The SMILES string of the molecule is Cc1ccc(-c2noc(C(C)N3CCN(C(=O)Cc4ccccc4[N+](=O)[O-])CC3)n2)cc1. The van der Waals surface area contributed by atoms with E-state index in [4.69, 9.17) is 4.52 Å². The maximum atomic E-state index is 12.7. The number of amides is 1. The minimum absolute atomic E-state index is 0.0196. The van der Waals surface area contributed by atoms with Crippen molar-refractivity contribution in [3.63, 3.8) is 0 Å². The summed E-state index contributed by atoms with van der Waals surface area (Å²) in [7, 11) is 0. The van der Waals surface area contributed by atoms with Crippen LogP contribution in [0.4, 0.5) is 5.69 Å². The van der Waals surface area contributed by atoms with E-state index in [1.165, 1.54) is 11.6 Å². The highest BCUT2D eigenvalue weighted by Gasteiger charge is 2.28. The third-order valence-electron chi connectivity index (χ3n) is 5.85. The summed E-state index contributed by atoms with van der Waals surface area (Å²) in [6.07, 6.45) is 0.0241. The number of piperazine rings is 1. The number of hydrogen-bond acceptors (Lipinski definition) is 7. The number of carbonyl (C=O) groups excluding carboxylic acids is 1. The lowest BCUT2D eigenvalue weighted by Gasteiger charge is -2.36. The van der Waals surface area contributed by atoms with Gasteiger partial charge >= 0.3 is 0 Å². The van der Waals surface area contributed by atoms with Crippen LogP contribution in [0, 0.1) is 17.0 Å². The second-order valence-electron chi connectivity index (χ2n) is 7.98. The molecule has 1 aliphatic rings. The van der Waals surface area contributed by atoms with Crippen molar-refractivity contribution in [1.82, 2.24) is 19.9 Å². The molecule has 2 aromatic carbocycles. The van der Waals surface area contributed by atoms with Gasteiger partial charge in [0.25, 0.3) is 5.69 Å². The van der Waals surface area contributed by atoms with Crippen LogP contribution < -0.4 is 0 Å². The fraction of sp³-hybridized carbons (Fsp3) is 0.348. The van der Waals surface area contributed by atoms with Crippen molar-refractivity contribution in [2.45, 2.75) is 26.3 Å². The van der Waals surface area contributed by atoms with Crippen molar-refractivity contribution in [3.05, 3.63) is 75.7 Å². The van der Waals surface area contributed by atoms with E-state index in [1.807, 2.05) is 38.1 Å². The van der Waals surface area contributed by atoms with Crippen LogP contribution in [0.1, 0.15) is 30.0 Å². The van der Waals surface area contributed by atoms with E-state index in [0.717, 1.165) is 5.56 Å². The van der Waals surface area contributed by atoms with E-state index in [9.17, 15) is 14.9 Å². The summed E-state index contributed by atoms with van der Waals surface area (Å²) in [5.41, 5.74) is 2.49. The number of carbonyl (C=O) groups is 1. The molecule has 32 heavy (non-hydrogen) atoms. The van der Waals surface area contributed by atoms with Crippen LogP contribution in [-0.2, 0) is 11.2 Å². The fourth-order valence-electron chi connectivity index (χ4n) is 3.85. The second kappa shape index (κ2) is 9.27. The van der Waals surface area contributed by atoms with E-state index >= 15 is 0 Å². The first-order valence-corrected chi connectivity index (χ1v) is 10.6. The number of aryl methyl sites for hydroxylation is 1. The number of nitro groups is 1. The molecule has 4 rings (SSSR count). The first-order chi connectivity index (χ1) is 15.4. The lowest BCUT2D eigenvalue weighted by molar-refractivity contribution is -0.385. The molecule has 1 saturated heterocycles. The normalized spacial score (nSPS) is 15.5. The predicted octanol–water partition coefficient (Wildman–Crippen LogP) is 3.40. The highest BCUT2D eigenvalue weighted by atomic mass is 16.6. The molecule has 2 heterocycles. The lowest BCUT2D eigenvalue weighted by Crippen LogP contribution is -2.49. The summed E-state index contributed by atoms with van der Waals surface area (Å²) in [4.78, 5) is 32.0. The molecule has 1 atom stereocenters. The molecule has 0 aliphatic carbocycles. The molecule has 1 aromatic heterocycles. The van der Waals surface area contributed by atoms with Crippen molar-refractivity contribution in [2.75, 3.05) is 26.2 Å². The number of rotatable bonds is 6. The number of nitro benzene ring substituents is 1. The molecule has 1 aliphatic heterocycles. The minimum Gasteiger partial charge on any atom is -0.340 e. The lowest BCUT2D eigenvalue weighted by atomic mass is 10.1. The summed E-state index contributed by atoms with van der Waals surface area (Å²) in [5.74, 6) is 0.997. The molecule has 9 heteroatoms. The minimum atomic E-state index is -0.447. The number of aromatic nitrogens is 2. The van der Waals surface area contributed by atoms with Gasteiger partial charge in [-0.15, -0.1) is 0 Å². The Labute approximate surface area is 185 Å². The molecule has 3 aromatic rings. The molecule has 1 amide bonds.